The lowest BCUT2D eigenvalue weighted by atomic mass is 9.91. The first-order valence-electron chi connectivity index (χ1n) is 12.7. The van der Waals surface area contributed by atoms with E-state index in [4.69, 9.17) is 16.3 Å². The molecular formula is C25H36ClN3O4S. The molecule has 1 amide bonds. The van der Waals surface area contributed by atoms with Gasteiger partial charge in [-0.15, -0.1) is 0 Å². The summed E-state index contributed by atoms with van der Waals surface area (Å²) in [6, 6.07) is 6.56. The molecule has 0 radical (unpaired) electrons. The lowest BCUT2D eigenvalue weighted by Gasteiger charge is -2.45. The fraction of sp³-hybridized carbons (Fsp3) is 0.720. The molecule has 34 heavy (non-hydrogen) atoms. The molecule has 4 fully saturated rings. The zero-order valence-corrected chi connectivity index (χ0v) is 21.7. The Kier molecular flexibility index (Phi) is 6.63. The van der Waals surface area contributed by atoms with E-state index in [0.717, 1.165) is 58.0 Å². The Morgan fingerprint density at radius 2 is 1.68 bits per heavy atom. The van der Waals surface area contributed by atoms with E-state index in [1.54, 1.807) is 33.5 Å². The van der Waals surface area contributed by atoms with Crippen molar-refractivity contribution >= 4 is 27.7 Å². The number of sulfonamides is 1. The van der Waals surface area contributed by atoms with Crippen LogP contribution in [0.25, 0.3) is 0 Å². The van der Waals surface area contributed by atoms with E-state index in [2.05, 4.69) is 18.7 Å². The van der Waals surface area contributed by atoms with Crippen LogP contribution in [0.2, 0.25) is 5.02 Å². The molecule has 2 aliphatic carbocycles. The number of carbonyl (C=O) groups excluding carboxylic acids is 1. The highest BCUT2D eigenvalue weighted by Gasteiger charge is 2.61. The van der Waals surface area contributed by atoms with Crippen molar-refractivity contribution < 1.29 is 17.9 Å². The van der Waals surface area contributed by atoms with Crippen LogP contribution < -0.4 is 0 Å². The van der Waals surface area contributed by atoms with Crippen molar-refractivity contribution in [3.63, 3.8) is 0 Å². The Hall–Kier alpha value is -1.35. The van der Waals surface area contributed by atoms with Crippen molar-refractivity contribution in [1.82, 2.24) is 14.1 Å². The predicted octanol–water partition coefficient (Wildman–Crippen LogP) is 4.36. The molecule has 0 unspecified atom stereocenters. The van der Waals surface area contributed by atoms with E-state index >= 15 is 0 Å². The van der Waals surface area contributed by atoms with Gasteiger partial charge in [-0.2, -0.15) is 4.31 Å². The zero-order valence-electron chi connectivity index (χ0n) is 20.2. The van der Waals surface area contributed by atoms with E-state index in [-0.39, 0.29) is 23.1 Å². The van der Waals surface area contributed by atoms with E-state index in [0.29, 0.717) is 30.1 Å². The average Bonchev–Trinajstić information content (AvgIpc) is 3.74. The number of rotatable bonds is 6. The first-order chi connectivity index (χ1) is 16.2. The molecule has 0 aromatic heterocycles. The van der Waals surface area contributed by atoms with Gasteiger partial charge in [-0.3, -0.25) is 4.90 Å². The Labute approximate surface area is 208 Å². The van der Waals surface area contributed by atoms with Gasteiger partial charge in [-0.05, 0) is 82.6 Å². The van der Waals surface area contributed by atoms with Crippen LogP contribution in [0.5, 0.6) is 0 Å². The van der Waals surface area contributed by atoms with Crippen molar-refractivity contribution in [1.29, 1.82) is 0 Å². The Morgan fingerprint density at radius 1 is 1.03 bits per heavy atom. The minimum absolute atomic E-state index is 0.0230. The van der Waals surface area contributed by atoms with Crippen LogP contribution in [0.1, 0.15) is 58.8 Å². The smallest absolute Gasteiger partial charge is 0.410 e. The largest absolute Gasteiger partial charge is 0.441 e. The zero-order chi connectivity index (χ0) is 24.1. The van der Waals surface area contributed by atoms with Crippen LogP contribution in [0, 0.1) is 5.92 Å². The molecular weight excluding hydrogens is 474 g/mol. The van der Waals surface area contributed by atoms with Gasteiger partial charge < -0.3 is 9.64 Å². The molecule has 0 N–H and O–H groups in total. The summed E-state index contributed by atoms with van der Waals surface area (Å²) in [4.78, 5) is 17.6. The summed E-state index contributed by atoms with van der Waals surface area (Å²) in [6.45, 7) is 7.31. The number of hydrogen-bond donors (Lipinski definition) is 0. The first-order valence-corrected chi connectivity index (χ1v) is 14.5. The van der Waals surface area contributed by atoms with E-state index < -0.39 is 15.6 Å². The second-order valence-corrected chi connectivity index (χ2v) is 13.0. The second-order valence-electron chi connectivity index (χ2n) is 10.7. The van der Waals surface area contributed by atoms with Crippen molar-refractivity contribution in [3.05, 3.63) is 29.3 Å². The highest BCUT2D eigenvalue weighted by Crippen LogP contribution is 2.53. The number of nitrogens with zero attached hydrogens (tertiary/aromatic N) is 3. The van der Waals surface area contributed by atoms with Crippen molar-refractivity contribution in [3.8, 4) is 0 Å². The van der Waals surface area contributed by atoms with Crippen molar-refractivity contribution in [2.75, 3.05) is 26.2 Å². The number of hydrogen-bond acceptors (Lipinski definition) is 5. The number of halogens is 1. The Bertz CT molecular complexity index is 999. The van der Waals surface area contributed by atoms with E-state index in [1.807, 2.05) is 0 Å². The molecule has 2 saturated carbocycles. The molecule has 2 atom stereocenters. The SMILES string of the molecule is CC(C)N1CCN(C(=O)OC2([C@H]3CCC[C@@H](C4CC4)N3S(=O)(=O)c3ccc(Cl)cc3)CC2)CC1. The van der Waals surface area contributed by atoms with Gasteiger partial charge in [-0.1, -0.05) is 18.0 Å². The van der Waals surface area contributed by atoms with Crippen molar-refractivity contribution in [2.45, 2.75) is 87.4 Å². The highest BCUT2D eigenvalue weighted by atomic mass is 35.5. The number of carbonyl (C=O) groups is 1. The fourth-order valence-electron chi connectivity index (χ4n) is 5.79. The molecule has 9 heteroatoms. The molecule has 2 heterocycles. The number of piperidine rings is 1. The van der Waals surface area contributed by atoms with Gasteiger partial charge in [0.1, 0.15) is 5.60 Å². The van der Waals surface area contributed by atoms with E-state index in [9.17, 15) is 13.2 Å². The van der Waals surface area contributed by atoms with Crippen LogP contribution in [-0.4, -0.2) is 78.5 Å². The minimum atomic E-state index is -3.74. The van der Waals surface area contributed by atoms with Gasteiger partial charge in [0.15, 0.2) is 0 Å². The molecule has 1 aromatic carbocycles. The third-order valence-corrected chi connectivity index (χ3v) is 10.3. The summed E-state index contributed by atoms with van der Waals surface area (Å²) < 4.78 is 35.8. The maximum Gasteiger partial charge on any atom is 0.410 e. The average molecular weight is 510 g/mol. The minimum Gasteiger partial charge on any atom is -0.441 e. The Morgan fingerprint density at radius 3 is 2.24 bits per heavy atom. The van der Waals surface area contributed by atoms with Gasteiger partial charge in [0.2, 0.25) is 10.0 Å². The molecule has 188 valence electrons. The summed E-state index contributed by atoms with van der Waals surface area (Å²) >= 11 is 6.03. The standard InChI is InChI=1S/C25H36ClN3O4S/c1-18(2)27-14-16-28(17-15-27)24(30)33-25(12-13-25)23-5-3-4-22(19-6-7-19)29(23)34(31,32)21-10-8-20(26)9-11-21/h8-11,18-19,22-23H,3-7,12-17H2,1-2H3/t22-,23+/m0/s1. The maximum atomic E-state index is 13.9. The third-order valence-electron chi connectivity index (χ3n) is 8.11. The third kappa shape index (κ3) is 4.71. The van der Waals surface area contributed by atoms with Gasteiger partial charge in [0, 0.05) is 43.3 Å². The normalized spacial score (nSPS) is 28.2. The highest BCUT2D eigenvalue weighted by molar-refractivity contribution is 7.89. The summed E-state index contributed by atoms with van der Waals surface area (Å²) in [5, 5.41) is 0.512. The first kappa shape index (κ1) is 24.3. The monoisotopic (exact) mass is 509 g/mol. The van der Waals surface area contributed by atoms with Crippen LogP contribution in [0.4, 0.5) is 4.79 Å². The number of piperazine rings is 1. The van der Waals surface area contributed by atoms with Crippen molar-refractivity contribution in [2.24, 2.45) is 5.92 Å². The van der Waals surface area contributed by atoms with Gasteiger partial charge >= 0.3 is 6.09 Å². The number of ether oxygens (including phenoxy) is 1. The molecule has 5 rings (SSSR count). The van der Waals surface area contributed by atoms with E-state index in [1.165, 1.54) is 0 Å². The van der Waals surface area contributed by atoms with Crippen LogP contribution in [0.15, 0.2) is 29.2 Å². The molecule has 2 saturated heterocycles. The van der Waals surface area contributed by atoms with Gasteiger partial charge in [0.05, 0.1) is 10.9 Å². The molecule has 4 aliphatic rings. The molecule has 2 aliphatic heterocycles. The summed E-state index contributed by atoms with van der Waals surface area (Å²) in [5.41, 5.74) is -0.709. The Balaban J connectivity index is 1.37. The summed E-state index contributed by atoms with van der Waals surface area (Å²) in [6.07, 6.45) is 5.84. The lowest BCUT2D eigenvalue weighted by Crippen LogP contribution is -2.58. The fourth-order valence-corrected chi connectivity index (χ4v) is 7.90. The summed E-state index contributed by atoms with van der Waals surface area (Å²) in [5.74, 6) is 0.403. The topological polar surface area (TPSA) is 70.2 Å². The van der Waals surface area contributed by atoms with Crippen LogP contribution >= 0.6 is 11.6 Å². The van der Waals surface area contributed by atoms with Gasteiger partial charge in [0.25, 0.3) is 0 Å². The molecule has 0 spiro atoms. The number of amides is 1. The quantitative estimate of drug-likeness (QED) is 0.570. The van der Waals surface area contributed by atoms with Crippen LogP contribution in [0.3, 0.4) is 0 Å². The number of benzene rings is 1. The lowest BCUT2D eigenvalue weighted by molar-refractivity contribution is -0.0172. The molecule has 0 bridgehead atoms. The predicted molar refractivity (Wildman–Crippen MR) is 131 cm³/mol. The maximum absolute atomic E-state index is 13.9. The van der Waals surface area contributed by atoms with Crippen LogP contribution in [-0.2, 0) is 14.8 Å². The second kappa shape index (κ2) is 9.26. The molecule has 1 aromatic rings. The molecule has 7 nitrogen and oxygen atoms in total. The summed E-state index contributed by atoms with van der Waals surface area (Å²) in [7, 11) is -3.74. The van der Waals surface area contributed by atoms with Gasteiger partial charge in [-0.25, -0.2) is 13.2 Å².